The molecular weight excluding hydrogens is 408 g/mol. The number of piperidine rings is 1. The smallest absolute Gasteiger partial charge is 0.274 e. The second kappa shape index (κ2) is 9.10. The first-order valence-electron chi connectivity index (χ1n) is 11.3. The fourth-order valence-electron chi connectivity index (χ4n) is 4.96. The van der Waals surface area contributed by atoms with Crippen LogP contribution in [-0.4, -0.2) is 53.0 Å². The molecule has 5 rings (SSSR count). The number of carbonyl (C=O) groups excluding carboxylic acids is 1. The average Bonchev–Trinajstić information content (AvgIpc) is 3.43. The molecule has 2 aliphatic heterocycles. The molecule has 2 aromatic heterocycles. The summed E-state index contributed by atoms with van der Waals surface area (Å²) in [4.78, 5) is 20.8. The number of nitrogens with one attached hydrogen (secondary N) is 1. The number of rotatable bonds is 6. The van der Waals surface area contributed by atoms with E-state index in [-0.39, 0.29) is 11.3 Å². The number of carbonyl (C=O) groups is 1. The van der Waals surface area contributed by atoms with Gasteiger partial charge in [-0.05, 0) is 37.7 Å². The first-order chi connectivity index (χ1) is 15.3. The Balaban J connectivity index is 1.36. The van der Waals surface area contributed by atoms with Gasteiger partial charge in [-0.15, -0.1) is 11.3 Å². The number of likely N-dealkylation sites (tertiary alicyclic amines) is 1. The zero-order chi connectivity index (χ0) is 21.1. The van der Waals surface area contributed by atoms with Crippen molar-refractivity contribution in [1.29, 1.82) is 0 Å². The first kappa shape index (κ1) is 20.7. The molecule has 2 aliphatic rings. The van der Waals surface area contributed by atoms with Crippen LogP contribution in [0, 0.1) is 0 Å². The van der Waals surface area contributed by atoms with E-state index in [1.54, 1.807) is 11.3 Å². The summed E-state index contributed by atoms with van der Waals surface area (Å²) < 4.78 is 7.75. The van der Waals surface area contributed by atoms with E-state index in [2.05, 4.69) is 40.0 Å². The molecule has 6 nitrogen and oxygen atoms in total. The molecule has 4 heterocycles. The number of hydrogen-bond acceptors (Lipinski definition) is 5. The number of thiazole rings is 1. The minimum Gasteiger partial charge on any atom is -0.381 e. The number of ether oxygens (including phenoxy) is 1. The Hall–Kier alpha value is -2.22. The van der Waals surface area contributed by atoms with Crippen LogP contribution in [0.15, 0.2) is 41.9 Å². The molecule has 164 valence electrons. The molecule has 1 amide bonds. The fourth-order valence-corrected chi connectivity index (χ4v) is 5.69. The van der Waals surface area contributed by atoms with Gasteiger partial charge in [-0.25, -0.2) is 4.98 Å². The van der Waals surface area contributed by atoms with Crippen LogP contribution in [0.2, 0.25) is 0 Å². The first-order valence-corrected chi connectivity index (χ1v) is 12.2. The Kier molecular flexibility index (Phi) is 6.07. The van der Waals surface area contributed by atoms with Gasteiger partial charge in [0.1, 0.15) is 0 Å². The topological polar surface area (TPSA) is 58.9 Å². The third-order valence-electron chi connectivity index (χ3n) is 6.80. The third kappa shape index (κ3) is 4.14. The lowest BCUT2D eigenvalue weighted by molar-refractivity contribution is 0.0497. The molecular formula is C24H30N4O2S. The Labute approximate surface area is 187 Å². The largest absolute Gasteiger partial charge is 0.381 e. The lowest BCUT2D eigenvalue weighted by Gasteiger charge is -2.38. The van der Waals surface area contributed by atoms with E-state index >= 15 is 0 Å². The highest BCUT2D eigenvalue weighted by molar-refractivity contribution is 7.15. The van der Waals surface area contributed by atoms with E-state index < -0.39 is 0 Å². The Morgan fingerprint density at radius 1 is 1.13 bits per heavy atom. The standard InChI is InChI=1S/C24H30N4O2S/c29-22(27-11-5-2-6-12-27)21-20(28-13-16-31-23(28)26-21)17-25-18-24(9-14-30-15-10-24)19-7-3-1-4-8-19/h1,3-4,7-8,13,16,25H,2,5-6,9-12,14-15,17-18H2. The van der Waals surface area contributed by atoms with Crippen LogP contribution in [0.3, 0.4) is 0 Å². The van der Waals surface area contributed by atoms with Gasteiger partial charge in [0.25, 0.3) is 5.91 Å². The maximum atomic E-state index is 13.2. The van der Waals surface area contributed by atoms with Crippen molar-refractivity contribution in [3.05, 3.63) is 58.9 Å². The van der Waals surface area contributed by atoms with Crippen LogP contribution in [0.1, 0.15) is 53.8 Å². The number of imidazole rings is 1. The van der Waals surface area contributed by atoms with Crippen LogP contribution in [-0.2, 0) is 16.7 Å². The van der Waals surface area contributed by atoms with Crippen LogP contribution >= 0.6 is 11.3 Å². The molecule has 1 aromatic carbocycles. The summed E-state index contributed by atoms with van der Waals surface area (Å²) in [6.45, 7) is 4.74. The van der Waals surface area contributed by atoms with Crippen LogP contribution in [0.4, 0.5) is 0 Å². The van der Waals surface area contributed by atoms with Crippen molar-refractivity contribution in [3.63, 3.8) is 0 Å². The average molecular weight is 439 g/mol. The maximum Gasteiger partial charge on any atom is 0.274 e. The lowest BCUT2D eigenvalue weighted by atomic mass is 9.74. The number of nitrogens with zero attached hydrogens (tertiary/aromatic N) is 3. The number of amides is 1. The van der Waals surface area contributed by atoms with Crippen molar-refractivity contribution in [3.8, 4) is 0 Å². The van der Waals surface area contributed by atoms with Crippen molar-refractivity contribution >= 4 is 22.2 Å². The molecule has 1 N–H and O–H groups in total. The van der Waals surface area contributed by atoms with Gasteiger partial charge < -0.3 is 15.0 Å². The van der Waals surface area contributed by atoms with Gasteiger partial charge in [0.15, 0.2) is 10.7 Å². The van der Waals surface area contributed by atoms with Gasteiger partial charge >= 0.3 is 0 Å². The molecule has 0 aliphatic carbocycles. The highest BCUT2D eigenvalue weighted by atomic mass is 32.1. The molecule has 2 saturated heterocycles. The molecule has 31 heavy (non-hydrogen) atoms. The van der Waals surface area contributed by atoms with Gasteiger partial charge in [-0.1, -0.05) is 30.3 Å². The van der Waals surface area contributed by atoms with Gasteiger partial charge in [-0.3, -0.25) is 9.20 Å². The van der Waals surface area contributed by atoms with Crippen LogP contribution in [0.5, 0.6) is 0 Å². The van der Waals surface area contributed by atoms with E-state index in [1.165, 1.54) is 12.0 Å². The predicted molar refractivity (Wildman–Crippen MR) is 123 cm³/mol. The van der Waals surface area contributed by atoms with Crippen molar-refractivity contribution in [1.82, 2.24) is 19.6 Å². The number of hydrogen-bond donors (Lipinski definition) is 1. The molecule has 0 saturated carbocycles. The molecule has 3 aromatic rings. The van der Waals surface area contributed by atoms with Gasteiger partial charge in [0.2, 0.25) is 0 Å². The quantitative estimate of drug-likeness (QED) is 0.635. The monoisotopic (exact) mass is 438 g/mol. The lowest BCUT2D eigenvalue weighted by Crippen LogP contribution is -2.43. The van der Waals surface area contributed by atoms with Crippen molar-refractivity contribution in [2.75, 3.05) is 32.8 Å². The zero-order valence-corrected chi connectivity index (χ0v) is 18.7. The summed E-state index contributed by atoms with van der Waals surface area (Å²) in [6, 6.07) is 10.8. The predicted octanol–water partition coefficient (Wildman–Crippen LogP) is 3.86. The summed E-state index contributed by atoms with van der Waals surface area (Å²) in [5.74, 6) is 0.0799. The normalized spacial score (nSPS) is 19.0. The molecule has 0 bridgehead atoms. The highest BCUT2D eigenvalue weighted by Crippen LogP contribution is 2.34. The Morgan fingerprint density at radius 2 is 1.90 bits per heavy atom. The van der Waals surface area contributed by atoms with Crippen molar-refractivity contribution in [2.45, 2.75) is 44.1 Å². The van der Waals surface area contributed by atoms with E-state index in [0.717, 1.165) is 69.2 Å². The maximum absolute atomic E-state index is 13.2. The highest BCUT2D eigenvalue weighted by Gasteiger charge is 2.34. The van der Waals surface area contributed by atoms with Gasteiger partial charge in [-0.2, -0.15) is 0 Å². The Bertz CT molecular complexity index is 1020. The van der Waals surface area contributed by atoms with Gasteiger partial charge in [0.05, 0.1) is 5.69 Å². The summed E-state index contributed by atoms with van der Waals surface area (Å²) in [7, 11) is 0. The number of aromatic nitrogens is 2. The van der Waals surface area contributed by atoms with Crippen LogP contribution < -0.4 is 5.32 Å². The molecule has 0 spiro atoms. The minimum atomic E-state index is 0.0645. The molecule has 2 fully saturated rings. The second-order valence-corrected chi connectivity index (χ2v) is 9.55. The van der Waals surface area contributed by atoms with Crippen molar-refractivity contribution < 1.29 is 9.53 Å². The molecule has 0 radical (unpaired) electrons. The van der Waals surface area contributed by atoms with Crippen LogP contribution in [0.25, 0.3) is 4.96 Å². The molecule has 0 unspecified atom stereocenters. The summed E-state index contributed by atoms with van der Waals surface area (Å²) in [6.07, 6.45) is 7.42. The third-order valence-corrected chi connectivity index (χ3v) is 7.56. The SMILES string of the molecule is O=C(c1nc2sccn2c1CNCC1(c2ccccc2)CCOCC1)N1CCCCC1. The second-order valence-electron chi connectivity index (χ2n) is 8.68. The van der Waals surface area contributed by atoms with E-state index in [0.29, 0.717) is 12.2 Å². The molecule has 0 atom stereocenters. The van der Waals surface area contributed by atoms with E-state index in [4.69, 9.17) is 9.72 Å². The summed E-state index contributed by atoms with van der Waals surface area (Å²) in [5.41, 5.74) is 3.02. The molecule has 7 heteroatoms. The fraction of sp³-hybridized carbons (Fsp3) is 0.500. The number of benzene rings is 1. The van der Waals surface area contributed by atoms with E-state index in [1.807, 2.05) is 16.5 Å². The summed E-state index contributed by atoms with van der Waals surface area (Å²) in [5, 5.41) is 5.73. The van der Waals surface area contributed by atoms with Crippen molar-refractivity contribution in [2.24, 2.45) is 0 Å². The van der Waals surface area contributed by atoms with E-state index in [9.17, 15) is 4.79 Å². The summed E-state index contributed by atoms with van der Waals surface area (Å²) >= 11 is 1.58. The minimum absolute atomic E-state index is 0.0645. The number of fused-ring (bicyclic) bond motifs is 1. The Morgan fingerprint density at radius 3 is 2.68 bits per heavy atom. The van der Waals surface area contributed by atoms with Gasteiger partial charge in [0, 0.05) is 56.4 Å². The zero-order valence-electron chi connectivity index (χ0n) is 17.9.